The maximum Gasteiger partial charge on any atom is 0.175 e. The number of hydrogen-bond donors (Lipinski definition) is 2. The minimum atomic E-state index is -3.32. The zero-order valence-electron chi connectivity index (χ0n) is 19.0. The molecule has 184 valence electrons. The second kappa shape index (κ2) is 11.1. The molecule has 2 aromatic carbocycles. The van der Waals surface area contributed by atoms with Crippen LogP contribution in [0.3, 0.4) is 0 Å². The van der Waals surface area contributed by atoms with E-state index in [1.165, 1.54) is 29.1 Å². The van der Waals surface area contributed by atoms with Crippen LogP contribution in [-0.4, -0.2) is 64.1 Å². The normalized spacial score (nSPS) is 14.3. The molecular formula is C24H29NO6S3. The highest BCUT2D eigenvalue weighted by Gasteiger charge is 2.19. The second-order valence-corrected chi connectivity index (χ2v) is 13.4. The Morgan fingerprint density at radius 1 is 0.765 bits per heavy atom. The van der Waals surface area contributed by atoms with Gasteiger partial charge in [-0.2, -0.15) is 0 Å². The molecular weight excluding hydrogens is 494 g/mol. The van der Waals surface area contributed by atoms with Gasteiger partial charge < -0.3 is 10.2 Å². The fourth-order valence-corrected chi connectivity index (χ4v) is 5.51. The highest BCUT2D eigenvalue weighted by Crippen LogP contribution is 2.22. The average Bonchev–Trinajstić information content (AvgIpc) is 3.30. The standard InChI is InChI=1S/C24H29NO6S3/c1-33(28,29)21-9-5-18(6-10-21)23(26)16-25(14-13-20-4-3-15-32-20)17-24(27)19-7-11-22(12-8-19)34(2,30)31/h3-12,15,23-24,26-27H,13-14,16-17H2,1-2H3. The minimum absolute atomic E-state index is 0.186. The predicted octanol–water partition coefficient (Wildman–Crippen LogP) is 2.87. The maximum atomic E-state index is 11.7. The van der Waals surface area contributed by atoms with E-state index in [9.17, 15) is 27.0 Å². The Morgan fingerprint density at radius 2 is 1.21 bits per heavy atom. The predicted molar refractivity (Wildman–Crippen MR) is 133 cm³/mol. The highest BCUT2D eigenvalue weighted by atomic mass is 32.2. The van der Waals surface area contributed by atoms with Gasteiger partial charge in [-0.05, 0) is 53.3 Å². The molecule has 1 aromatic heterocycles. The van der Waals surface area contributed by atoms with Crippen LogP contribution in [0.4, 0.5) is 0 Å². The molecule has 0 saturated heterocycles. The lowest BCUT2D eigenvalue weighted by atomic mass is 10.1. The van der Waals surface area contributed by atoms with Crippen molar-refractivity contribution in [2.75, 3.05) is 32.1 Å². The van der Waals surface area contributed by atoms with Crippen molar-refractivity contribution in [1.82, 2.24) is 4.90 Å². The Balaban J connectivity index is 1.73. The number of aliphatic hydroxyl groups is 2. The third-order valence-corrected chi connectivity index (χ3v) is 8.70. The minimum Gasteiger partial charge on any atom is -0.387 e. The van der Waals surface area contributed by atoms with Crippen LogP contribution in [-0.2, 0) is 26.1 Å². The van der Waals surface area contributed by atoms with Gasteiger partial charge in [-0.15, -0.1) is 11.3 Å². The van der Waals surface area contributed by atoms with E-state index in [4.69, 9.17) is 0 Å². The summed E-state index contributed by atoms with van der Waals surface area (Å²) in [6.45, 7) is 1.07. The van der Waals surface area contributed by atoms with Crippen LogP contribution in [0.15, 0.2) is 75.8 Å². The molecule has 0 aliphatic rings. The lowest BCUT2D eigenvalue weighted by molar-refractivity contribution is 0.0695. The first-order chi connectivity index (χ1) is 15.9. The van der Waals surface area contributed by atoms with Crippen molar-refractivity contribution >= 4 is 31.0 Å². The maximum absolute atomic E-state index is 11.7. The molecule has 0 radical (unpaired) electrons. The molecule has 0 fully saturated rings. The lowest BCUT2D eigenvalue weighted by Gasteiger charge is -2.27. The topological polar surface area (TPSA) is 112 Å². The first kappa shape index (κ1) is 26.5. The van der Waals surface area contributed by atoms with Crippen molar-refractivity contribution in [2.45, 2.75) is 28.4 Å². The number of rotatable bonds is 11. The molecule has 0 amide bonds. The van der Waals surface area contributed by atoms with Crippen molar-refractivity contribution in [2.24, 2.45) is 0 Å². The van der Waals surface area contributed by atoms with Gasteiger partial charge in [0.2, 0.25) is 0 Å². The van der Waals surface area contributed by atoms with Gasteiger partial charge in [0.05, 0.1) is 22.0 Å². The summed E-state index contributed by atoms with van der Waals surface area (Å²) in [5.74, 6) is 0. The lowest BCUT2D eigenvalue weighted by Crippen LogP contribution is -2.34. The summed E-state index contributed by atoms with van der Waals surface area (Å²) < 4.78 is 46.8. The third kappa shape index (κ3) is 7.46. The van der Waals surface area contributed by atoms with Gasteiger partial charge in [0, 0.05) is 37.0 Å². The van der Waals surface area contributed by atoms with E-state index in [1.54, 1.807) is 35.6 Å². The smallest absolute Gasteiger partial charge is 0.175 e. The SMILES string of the molecule is CS(=O)(=O)c1ccc(C(O)CN(CCc2cccs2)CC(O)c2ccc(S(C)(=O)=O)cc2)cc1. The Labute approximate surface area is 205 Å². The summed E-state index contributed by atoms with van der Waals surface area (Å²) in [5.41, 5.74) is 1.17. The molecule has 0 spiro atoms. The van der Waals surface area contributed by atoms with Gasteiger partial charge in [-0.3, -0.25) is 4.90 Å². The summed E-state index contributed by atoms with van der Waals surface area (Å²) in [4.78, 5) is 3.50. The van der Waals surface area contributed by atoms with Crippen molar-refractivity contribution in [1.29, 1.82) is 0 Å². The summed E-state index contributed by atoms with van der Waals surface area (Å²) >= 11 is 1.64. The third-order valence-electron chi connectivity index (χ3n) is 5.50. The van der Waals surface area contributed by atoms with Gasteiger partial charge >= 0.3 is 0 Å². The van der Waals surface area contributed by atoms with E-state index in [-0.39, 0.29) is 22.9 Å². The summed E-state index contributed by atoms with van der Waals surface area (Å²) in [5, 5.41) is 23.6. The number of benzene rings is 2. The van der Waals surface area contributed by atoms with Crippen LogP contribution in [0.2, 0.25) is 0 Å². The molecule has 0 saturated carbocycles. The molecule has 2 atom stereocenters. The highest BCUT2D eigenvalue weighted by molar-refractivity contribution is 7.91. The van der Waals surface area contributed by atoms with E-state index in [0.29, 0.717) is 17.7 Å². The van der Waals surface area contributed by atoms with Crippen molar-refractivity contribution in [3.63, 3.8) is 0 Å². The number of thiophene rings is 1. The van der Waals surface area contributed by atoms with Crippen LogP contribution in [0.1, 0.15) is 28.2 Å². The fraction of sp³-hybridized carbons (Fsp3) is 0.333. The summed E-state index contributed by atoms with van der Waals surface area (Å²) in [7, 11) is -6.65. The van der Waals surface area contributed by atoms with E-state index in [1.807, 2.05) is 22.4 Å². The van der Waals surface area contributed by atoms with Crippen LogP contribution >= 0.6 is 11.3 Å². The van der Waals surface area contributed by atoms with Crippen molar-refractivity contribution in [3.05, 3.63) is 82.0 Å². The fourth-order valence-electron chi connectivity index (χ4n) is 3.55. The first-order valence-electron chi connectivity index (χ1n) is 10.6. The molecule has 0 bridgehead atoms. The van der Waals surface area contributed by atoms with Crippen molar-refractivity contribution in [3.8, 4) is 0 Å². The zero-order chi connectivity index (χ0) is 24.9. The first-order valence-corrected chi connectivity index (χ1v) is 15.3. The van der Waals surface area contributed by atoms with Gasteiger partial charge in [0.1, 0.15) is 0 Å². The molecule has 2 unspecified atom stereocenters. The molecule has 10 heteroatoms. The molecule has 3 aromatic rings. The van der Waals surface area contributed by atoms with Gasteiger partial charge in [0.15, 0.2) is 19.7 Å². The number of nitrogens with zero attached hydrogens (tertiary/aromatic N) is 1. The molecule has 2 N–H and O–H groups in total. The Kier molecular flexibility index (Phi) is 8.66. The molecule has 0 aliphatic heterocycles. The summed E-state index contributed by atoms with van der Waals surface area (Å²) in [6, 6.07) is 16.3. The molecule has 7 nitrogen and oxygen atoms in total. The Morgan fingerprint density at radius 3 is 1.56 bits per heavy atom. The van der Waals surface area contributed by atoms with Crippen LogP contribution in [0.25, 0.3) is 0 Å². The second-order valence-electron chi connectivity index (χ2n) is 8.30. The van der Waals surface area contributed by atoms with Gasteiger partial charge in [-0.25, -0.2) is 16.8 Å². The van der Waals surface area contributed by atoms with Gasteiger partial charge in [-0.1, -0.05) is 30.3 Å². The van der Waals surface area contributed by atoms with Crippen LogP contribution in [0.5, 0.6) is 0 Å². The number of sulfone groups is 2. The number of aliphatic hydroxyl groups excluding tert-OH is 2. The van der Waals surface area contributed by atoms with Crippen LogP contribution in [0, 0.1) is 0 Å². The van der Waals surface area contributed by atoms with Crippen LogP contribution < -0.4 is 0 Å². The average molecular weight is 524 g/mol. The Hall–Kier alpha value is -2.08. The Bertz CT molecular complexity index is 1190. The van der Waals surface area contributed by atoms with E-state index in [0.717, 1.165) is 18.9 Å². The van der Waals surface area contributed by atoms with E-state index >= 15 is 0 Å². The van der Waals surface area contributed by atoms with E-state index < -0.39 is 31.9 Å². The molecule has 0 aliphatic carbocycles. The molecule has 3 rings (SSSR count). The van der Waals surface area contributed by atoms with Crippen molar-refractivity contribution < 1.29 is 27.0 Å². The zero-order valence-corrected chi connectivity index (χ0v) is 21.5. The largest absolute Gasteiger partial charge is 0.387 e. The quantitative estimate of drug-likeness (QED) is 0.397. The molecule has 1 heterocycles. The summed E-state index contributed by atoms with van der Waals surface area (Å²) in [6.07, 6.45) is 1.26. The van der Waals surface area contributed by atoms with E-state index in [2.05, 4.69) is 0 Å². The monoisotopic (exact) mass is 523 g/mol. The van der Waals surface area contributed by atoms with Gasteiger partial charge in [0.25, 0.3) is 0 Å². The molecule has 34 heavy (non-hydrogen) atoms. The number of hydrogen-bond acceptors (Lipinski definition) is 8.